The first-order chi connectivity index (χ1) is 15.5. The van der Waals surface area contributed by atoms with E-state index < -0.39 is 0 Å². The first-order valence-electron chi connectivity index (χ1n) is 9.69. The SMILES string of the molecule is [C-]#[N+]c1ccc(N(C)C(=O)c2cn3c(-c4ccc(NC(=O)CN)cc4)cnc3cn2)cc1. The second-order valence-electron chi connectivity index (χ2n) is 6.97. The van der Waals surface area contributed by atoms with Gasteiger partial charge in [0.05, 0.1) is 31.2 Å². The minimum Gasteiger partial charge on any atom is -0.325 e. The van der Waals surface area contributed by atoms with Crippen LogP contribution in [-0.2, 0) is 4.79 Å². The van der Waals surface area contributed by atoms with Crippen LogP contribution >= 0.6 is 0 Å². The van der Waals surface area contributed by atoms with Crippen molar-refractivity contribution in [1.29, 1.82) is 0 Å². The lowest BCUT2D eigenvalue weighted by Crippen LogP contribution is -2.27. The topological polar surface area (TPSA) is 110 Å². The van der Waals surface area contributed by atoms with Gasteiger partial charge in [0, 0.05) is 30.2 Å². The zero-order chi connectivity index (χ0) is 22.7. The molecule has 9 heteroatoms. The average Bonchev–Trinajstić information content (AvgIpc) is 3.27. The minimum absolute atomic E-state index is 0.0863. The maximum atomic E-state index is 13.0. The molecule has 4 aromatic rings. The molecule has 0 fully saturated rings. The van der Waals surface area contributed by atoms with E-state index in [0.717, 1.165) is 11.3 Å². The molecule has 0 unspecified atom stereocenters. The second-order valence-corrected chi connectivity index (χ2v) is 6.97. The summed E-state index contributed by atoms with van der Waals surface area (Å²) in [6.45, 7) is 6.96. The van der Waals surface area contributed by atoms with Gasteiger partial charge < -0.3 is 16.0 Å². The molecule has 0 atom stereocenters. The maximum Gasteiger partial charge on any atom is 0.278 e. The predicted molar refractivity (Wildman–Crippen MR) is 122 cm³/mol. The Balaban J connectivity index is 1.63. The number of carbonyl (C=O) groups excluding carboxylic acids is 2. The Morgan fingerprint density at radius 2 is 1.81 bits per heavy atom. The third-order valence-corrected chi connectivity index (χ3v) is 4.94. The second kappa shape index (κ2) is 8.67. The van der Waals surface area contributed by atoms with Gasteiger partial charge in [0.15, 0.2) is 11.3 Å². The standard InChI is InChI=1S/C23H19N7O2/c1-25-16-7-9-18(10-8-16)29(2)23(32)19-14-30-20(12-27-21(30)13-26-19)15-3-5-17(6-4-15)28-22(31)11-24/h3-10,12-14H,11,24H2,2H3,(H,28,31). The molecule has 3 N–H and O–H groups in total. The van der Waals surface area contributed by atoms with Crippen LogP contribution in [0.1, 0.15) is 10.5 Å². The first kappa shape index (κ1) is 20.7. The summed E-state index contributed by atoms with van der Waals surface area (Å²) < 4.78 is 1.80. The number of amides is 2. The zero-order valence-electron chi connectivity index (χ0n) is 17.2. The van der Waals surface area contributed by atoms with E-state index in [1.807, 2.05) is 12.1 Å². The number of aromatic nitrogens is 3. The molecule has 4 rings (SSSR count). The highest BCUT2D eigenvalue weighted by molar-refractivity contribution is 6.04. The van der Waals surface area contributed by atoms with Crippen LogP contribution in [0, 0.1) is 6.57 Å². The van der Waals surface area contributed by atoms with Crippen LogP contribution in [0.2, 0.25) is 0 Å². The zero-order valence-corrected chi connectivity index (χ0v) is 17.2. The molecular formula is C23H19N7O2. The van der Waals surface area contributed by atoms with E-state index >= 15 is 0 Å². The van der Waals surface area contributed by atoms with Crippen molar-refractivity contribution in [1.82, 2.24) is 14.4 Å². The number of anilines is 2. The third kappa shape index (κ3) is 4.03. The Morgan fingerprint density at radius 1 is 1.09 bits per heavy atom. The Bertz CT molecular complexity index is 1340. The van der Waals surface area contributed by atoms with Gasteiger partial charge in [-0.05, 0) is 24.3 Å². The number of imidazole rings is 1. The quantitative estimate of drug-likeness (QED) is 0.478. The van der Waals surface area contributed by atoms with E-state index in [0.29, 0.717) is 22.7 Å². The normalized spacial score (nSPS) is 10.5. The molecule has 0 bridgehead atoms. The Morgan fingerprint density at radius 3 is 2.47 bits per heavy atom. The van der Waals surface area contributed by atoms with E-state index in [1.165, 1.54) is 4.90 Å². The van der Waals surface area contributed by atoms with Gasteiger partial charge in [0.2, 0.25) is 5.91 Å². The van der Waals surface area contributed by atoms with E-state index in [2.05, 4.69) is 20.1 Å². The number of hydrogen-bond acceptors (Lipinski definition) is 5. The number of carbonyl (C=O) groups is 2. The average molecular weight is 425 g/mol. The van der Waals surface area contributed by atoms with E-state index in [1.54, 1.807) is 66.4 Å². The van der Waals surface area contributed by atoms with E-state index in [4.69, 9.17) is 12.3 Å². The number of nitrogens with zero attached hydrogens (tertiary/aromatic N) is 5. The van der Waals surface area contributed by atoms with Crippen LogP contribution in [0.5, 0.6) is 0 Å². The highest BCUT2D eigenvalue weighted by Crippen LogP contribution is 2.24. The number of nitrogens with one attached hydrogen (secondary N) is 1. The van der Waals surface area contributed by atoms with Crippen molar-refractivity contribution in [3.05, 3.63) is 84.2 Å². The molecule has 2 amide bonds. The van der Waals surface area contributed by atoms with Gasteiger partial charge in [-0.3, -0.25) is 14.0 Å². The minimum atomic E-state index is -0.290. The summed E-state index contributed by atoms with van der Waals surface area (Å²) in [5.41, 5.74) is 9.61. The van der Waals surface area contributed by atoms with Gasteiger partial charge in [-0.15, -0.1) is 0 Å². The van der Waals surface area contributed by atoms with Crippen molar-refractivity contribution in [2.75, 3.05) is 23.8 Å². The highest BCUT2D eigenvalue weighted by Gasteiger charge is 2.17. The van der Waals surface area contributed by atoms with Crippen LogP contribution in [0.4, 0.5) is 17.1 Å². The van der Waals surface area contributed by atoms with Gasteiger partial charge in [-0.25, -0.2) is 14.8 Å². The number of fused-ring (bicyclic) bond motifs is 1. The van der Waals surface area contributed by atoms with Gasteiger partial charge >= 0.3 is 0 Å². The molecule has 0 saturated heterocycles. The molecule has 2 aromatic heterocycles. The predicted octanol–water partition coefficient (Wildman–Crippen LogP) is 3.12. The molecule has 2 heterocycles. The summed E-state index contributed by atoms with van der Waals surface area (Å²) in [5, 5.41) is 2.70. The van der Waals surface area contributed by atoms with Gasteiger partial charge in [-0.2, -0.15) is 0 Å². The summed E-state index contributed by atoms with van der Waals surface area (Å²) in [6, 6.07) is 14.0. The summed E-state index contributed by atoms with van der Waals surface area (Å²) in [4.78, 5) is 37.9. The molecule has 0 aliphatic heterocycles. The van der Waals surface area contributed by atoms with Gasteiger partial charge in [0.1, 0.15) is 5.69 Å². The summed E-state index contributed by atoms with van der Waals surface area (Å²) in [6.07, 6.45) is 4.89. The van der Waals surface area contributed by atoms with Crippen molar-refractivity contribution in [2.24, 2.45) is 5.73 Å². The Labute approximate surface area is 184 Å². The largest absolute Gasteiger partial charge is 0.325 e. The lowest BCUT2D eigenvalue weighted by Gasteiger charge is -2.17. The summed E-state index contributed by atoms with van der Waals surface area (Å²) >= 11 is 0. The summed E-state index contributed by atoms with van der Waals surface area (Å²) in [5.74, 6) is -0.559. The lowest BCUT2D eigenvalue weighted by molar-refractivity contribution is -0.114. The highest BCUT2D eigenvalue weighted by atomic mass is 16.2. The van der Waals surface area contributed by atoms with Crippen LogP contribution < -0.4 is 16.0 Å². The van der Waals surface area contributed by atoms with Crippen molar-refractivity contribution < 1.29 is 9.59 Å². The van der Waals surface area contributed by atoms with Crippen molar-refractivity contribution >= 4 is 34.5 Å². The number of nitrogens with two attached hydrogens (primary N) is 1. The molecule has 32 heavy (non-hydrogen) atoms. The molecule has 0 spiro atoms. The third-order valence-electron chi connectivity index (χ3n) is 4.94. The fourth-order valence-electron chi connectivity index (χ4n) is 3.19. The van der Waals surface area contributed by atoms with Crippen molar-refractivity contribution in [3.63, 3.8) is 0 Å². The van der Waals surface area contributed by atoms with Crippen molar-refractivity contribution in [3.8, 4) is 11.3 Å². The van der Waals surface area contributed by atoms with E-state index in [-0.39, 0.29) is 24.1 Å². The van der Waals surface area contributed by atoms with Gasteiger partial charge in [0.25, 0.3) is 5.91 Å². The molecule has 158 valence electrons. The van der Waals surface area contributed by atoms with Crippen LogP contribution in [0.25, 0.3) is 21.7 Å². The van der Waals surface area contributed by atoms with E-state index in [9.17, 15) is 9.59 Å². The number of rotatable bonds is 5. The molecule has 0 aliphatic rings. The number of hydrogen-bond donors (Lipinski definition) is 2. The molecule has 0 radical (unpaired) electrons. The maximum absolute atomic E-state index is 13.0. The Kier molecular flexibility index (Phi) is 5.61. The van der Waals surface area contributed by atoms with Gasteiger partial charge in [-0.1, -0.05) is 24.3 Å². The Hall–Kier alpha value is -4.55. The van der Waals surface area contributed by atoms with Crippen LogP contribution in [-0.4, -0.2) is 39.8 Å². The van der Waals surface area contributed by atoms with Crippen LogP contribution in [0.15, 0.2) is 67.1 Å². The molecule has 0 saturated carbocycles. The first-order valence-corrected chi connectivity index (χ1v) is 9.69. The monoisotopic (exact) mass is 425 g/mol. The molecular weight excluding hydrogens is 406 g/mol. The number of benzene rings is 2. The molecule has 0 aliphatic carbocycles. The molecule has 2 aromatic carbocycles. The lowest BCUT2D eigenvalue weighted by atomic mass is 10.1. The van der Waals surface area contributed by atoms with Crippen molar-refractivity contribution in [2.45, 2.75) is 0 Å². The molecule has 9 nitrogen and oxygen atoms in total. The fourth-order valence-corrected chi connectivity index (χ4v) is 3.19. The summed E-state index contributed by atoms with van der Waals surface area (Å²) in [7, 11) is 1.66. The van der Waals surface area contributed by atoms with Crippen LogP contribution in [0.3, 0.4) is 0 Å². The smallest absolute Gasteiger partial charge is 0.278 e. The fraction of sp³-hybridized carbons (Fsp3) is 0.0870.